The van der Waals surface area contributed by atoms with Crippen LogP contribution in [0, 0.1) is 0 Å². The molecule has 142 valence electrons. The Bertz CT molecular complexity index is 638. The largest absolute Gasteiger partial charge is 0.469 e. The molecule has 1 aromatic heterocycles. The Labute approximate surface area is 172 Å². The molecule has 2 N–H and O–H groups in total. The second-order valence-electron chi connectivity index (χ2n) is 6.42. The Morgan fingerprint density at radius 2 is 1.88 bits per heavy atom. The van der Waals surface area contributed by atoms with Crippen molar-refractivity contribution in [1.82, 2.24) is 10.2 Å². The summed E-state index contributed by atoms with van der Waals surface area (Å²) in [7, 11) is 0. The van der Waals surface area contributed by atoms with Crippen LogP contribution >= 0.6 is 24.0 Å². The van der Waals surface area contributed by atoms with E-state index < -0.39 is 0 Å². The van der Waals surface area contributed by atoms with Crippen LogP contribution in [-0.2, 0) is 12.8 Å². The van der Waals surface area contributed by atoms with E-state index in [0.29, 0.717) is 6.54 Å². The fourth-order valence-electron chi connectivity index (χ4n) is 3.04. The third-order valence-corrected chi connectivity index (χ3v) is 4.50. The van der Waals surface area contributed by atoms with Crippen LogP contribution in [0.1, 0.15) is 24.2 Å². The number of aliphatic imine (C=N–C) groups is 1. The van der Waals surface area contributed by atoms with E-state index >= 15 is 0 Å². The van der Waals surface area contributed by atoms with Crippen LogP contribution in [-0.4, -0.2) is 48.2 Å². The summed E-state index contributed by atoms with van der Waals surface area (Å²) in [5.74, 6) is 1.90. The van der Waals surface area contributed by atoms with Gasteiger partial charge in [0.2, 0.25) is 0 Å². The minimum Gasteiger partial charge on any atom is -0.469 e. The van der Waals surface area contributed by atoms with Crippen LogP contribution in [0.2, 0.25) is 0 Å². The average molecular weight is 469 g/mol. The van der Waals surface area contributed by atoms with Crippen LogP contribution in [0.15, 0.2) is 58.1 Å². The predicted molar refractivity (Wildman–Crippen MR) is 115 cm³/mol. The molecule has 1 fully saturated rings. The van der Waals surface area contributed by atoms with Gasteiger partial charge in [-0.3, -0.25) is 4.99 Å². The lowest BCUT2D eigenvalue weighted by Crippen LogP contribution is -2.47. The topological polar surface area (TPSA) is 61.0 Å². The van der Waals surface area contributed by atoms with Crippen molar-refractivity contribution in [3.05, 3.63) is 60.1 Å². The zero-order chi connectivity index (χ0) is 17.3. The minimum atomic E-state index is -0.176. The number of aliphatic hydroxyl groups excluding tert-OH is 1. The normalized spacial score (nSPS) is 15.6. The van der Waals surface area contributed by atoms with Crippen molar-refractivity contribution in [2.75, 3.05) is 26.2 Å². The molecule has 0 saturated carbocycles. The van der Waals surface area contributed by atoms with Gasteiger partial charge in [-0.2, -0.15) is 0 Å². The van der Waals surface area contributed by atoms with Gasteiger partial charge in [-0.15, -0.1) is 24.0 Å². The molecule has 0 atom stereocenters. The van der Waals surface area contributed by atoms with Crippen LogP contribution in [0.5, 0.6) is 0 Å². The average Bonchev–Trinajstić information content (AvgIpc) is 3.16. The Morgan fingerprint density at radius 1 is 1.12 bits per heavy atom. The number of nitrogens with one attached hydrogen (secondary N) is 1. The van der Waals surface area contributed by atoms with Crippen molar-refractivity contribution in [1.29, 1.82) is 0 Å². The van der Waals surface area contributed by atoms with Gasteiger partial charge in [0.25, 0.3) is 0 Å². The highest BCUT2D eigenvalue weighted by atomic mass is 127. The highest BCUT2D eigenvalue weighted by Crippen LogP contribution is 2.10. The number of piperidine rings is 1. The van der Waals surface area contributed by atoms with Gasteiger partial charge in [-0.05, 0) is 37.0 Å². The van der Waals surface area contributed by atoms with E-state index in [-0.39, 0.29) is 30.1 Å². The van der Waals surface area contributed by atoms with Gasteiger partial charge in [0.15, 0.2) is 5.96 Å². The standard InChI is InChI=1S/C20H27N3O2.HI/c24-18-10-14-23(15-11-18)20(22-13-9-19-7-4-16-25-19)21-12-8-17-5-2-1-3-6-17;/h1-7,16,18,24H,8-15H2,(H,21,22);1H. The molecule has 3 rings (SSSR count). The van der Waals surface area contributed by atoms with E-state index in [1.807, 2.05) is 18.2 Å². The molecule has 0 amide bonds. The van der Waals surface area contributed by atoms with Crippen molar-refractivity contribution < 1.29 is 9.52 Å². The van der Waals surface area contributed by atoms with Crippen molar-refractivity contribution in [3.8, 4) is 0 Å². The maximum Gasteiger partial charge on any atom is 0.193 e. The lowest BCUT2D eigenvalue weighted by atomic mass is 10.1. The first-order valence-corrected chi connectivity index (χ1v) is 9.09. The van der Waals surface area contributed by atoms with Gasteiger partial charge in [-0.25, -0.2) is 0 Å². The Morgan fingerprint density at radius 3 is 2.58 bits per heavy atom. The van der Waals surface area contributed by atoms with E-state index in [4.69, 9.17) is 9.41 Å². The lowest BCUT2D eigenvalue weighted by molar-refractivity contribution is 0.108. The van der Waals surface area contributed by atoms with E-state index in [1.54, 1.807) is 6.26 Å². The first-order chi connectivity index (χ1) is 12.3. The Balaban J connectivity index is 0.00000243. The van der Waals surface area contributed by atoms with E-state index in [9.17, 15) is 5.11 Å². The molecule has 1 saturated heterocycles. The quantitative estimate of drug-likeness (QED) is 0.388. The molecule has 0 bridgehead atoms. The van der Waals surface area contributed by atoms with Crippen molar-refractivity contribution in [3.63, 3.8) is 0 Å². The predicted octanol–water partition coefficient (Wildman–Crippen LogP) is 3.09. The van der Waals surface area contributed by atoms with Crippen LogP contribution in [0.25, 0.3) is 0 Å². The van der Waals surface area contributed by atoms with Crippen molar-refractivity contribution in [2.24, 2.45) is 4.99 Å². The smallest absolute Gasteiger partial charge is 0.193 e. The summed E-state index contributed by atoms with van der Waals surface area (Å²) < 4.78 is 5.38. The first kappa shape index (κ1) is 20.8. The van der Waals surface area contributed by atoms with Crippen molar-refractivity contribution >= 4 is 29.9 Å². The van der Waals surface area contributed by atoms with Gasteiger partial charge in [0, 0.05) is 32.6 Å². The number of hydrogen-bond donors (Lipinski definition) is 2. The molecule has 6 heteroatoms. The number of aliphatic hydroxyl groups is 1. The van der Waals surface area contributed by atoms with Gasteiger partial charge in [-0.1, -0.05) is 30.3 Å². The maximum absolute atomic E-state index is 9.74. The van der Waals surface area contributed by atoms with Gasteiger partial charge >= 0.3 is 0 Å². The number of benzene rings is 1. The molecule has 0 radical (unpaired) electrons. The van der Waals surface area contributed by atoms with Crippen LogP contribution in [0.3, 0.4) is 0 Å². The van der Waals surface area contributed by atoms with Gasteiger partial charge in [0.1, 0.15) is 5.76 Å². The molecule has 2 heterocycles. The third kappa shape index (κ3) is 6.64. The zero-order valence-corrected chi connectivity index (χ0v) is 17.3. The van der Waals surface area contributed by atoms with E-state index in [1.165, 1.54) is 5.56 Å². The number of rotatable bonds is 6. The maximum atomic E-state index is 9.74. The number of guanidine groups is 1. The molecular formula is C20H28IN3O2. The highest BCUT2D eigenvalue weighted by molar-refractivity contribution is 14.0. The first-order valence-electron chi connectivity index (χ1n) is 9.09. The molecule has 0 aliphatic carbocycles. The van der Waals surface area contributed by atoms with Crippen LogP contribution in [0.4, 0.5) is 0 Å². The monoisotopic (exact) mass is 469 g/mol. The van der Waals surface area contributed by atoms with E-state index in [0.717, 1.165) is 57.0 Å². The van der Waals surface area contributed by atoms with Gasteiger partial charge < -0.3 is 19.7 Å². The molecule has 5 nitrogen and oxygen atoms in total. The van der Waals surface area contributed by atoms with E-state index in [2.05, 4.69) is 34.5 Å². The zero-order valence-electron chi connectivity index (χ0n) is 15.0. The summed E-state index contributed by atoms with van der Waals surface area (Å²) in [5, 5.41) is 13.2. The summed E-state index contributed by atoms with van der Waals surface area (Å²) in [6.07, 6.45) is 4.89. The third-order valence-electron chi connectivity index (χ3n) is 4.50. The number of hydrogen-bond acceptors (Lipinski definition) is 3. The summed E-state index contributed by atoms with van der Waals surface area (Å²) in [4.78, 5) is 7.02. The Hall–Kier alpha value is -1.54. The number of nitrogens with zero attached hydrogens (tertiary/aromatic N) is 2. The molecule has 1 aliphatic heterocycles. The molecule has 0 spiro atoms. The van der Waals surface area contributed by atoms with Gasteiger partial charge in [0.05, 0.1) is 12.4 Å². The second kappa shape index (κ2) is 11.2. The van der Waals surface area contributed by atoms with Crippen molar-refractivity contribution in [2.45, 2.75) is 31.8 Å². The SMILES string of the molecule is I.OC1CCN(C(=NCCc2ccco2)NCCc2ccccc2)CC1. The molecule has 1 aliphatic rings. The lowest BCUT2D eigenvalue weighted by Gasteiger charge is -2.32. The summed E-state index contributed by atoms with van der Waals surface area (Å²) >= 11 is 0. The number of furan rings is 1. The highest BCUT2D eigenvalue weighted by Gasteiger charge is 2.19. The molecular weight excluding hydrogens is 441 g/mol. The second-order valence-corrected chi connectivity index (χ2v) is 6.42. The Kier molecular flexibility index (Phi) is 8.97. The number of likely N-dealkylation sites (tertiary alicyclic amines) is 1. The minimum absolute atomic E-state index is 0. The fourth-order valence-corrected chi connectivity index (χ4v) is 3.04. The summed E-state index contributed by atoms with van der Waals surface area (Å²) in [5.41, 5.74) is 1.32. The summed E-state index contributed by atoms with van der Waals surface area (Å²) in [6.45, 7) is 3.24. The number of halogens is 1. The summed E-state index contributed by atoms with van der Waals surface area (Å²) in [6, 6.07) is 14.4. The molecule has 2 aromatic rings. The molecule has 0 unspecified atom stereocenters. The van der Waals surface area contributed by atoms with Crippen LogP contribution < -0.4 is 5.32 Å². The molecule has 26 heavy (non-hydrogen) atoms. The fraction of sp³-hybridized carbons (Fsp3) is 0.450. The molecule has 1 aromatic carbocycles.